The molecule has 0 aromatic heterocycles. The highest BCUT2D eigenvalue weighted by Gasteiger charge is 2.18. The van der Waals surface area contributed by atoms with Crippen LogP contribution in [-0.2, 0) is 4.79 Å². The molecule has 100 valence electrons. The fraction of sp³-hybridized carbons (Fsp3) is 0.231. The Morgan fingerprint density at radius 2 is 2.00 bits per heavy atom. The lowest BCUT2D eigenvalue weighted by Gasteiger charge is -2.20. The highest BCUT2D eigenvalue weighted by molar-refractivity contribution is 6.30. The maximum absolute atomic E-state index is 11.9. The van der Waals surface area contributed by atoms with Crippen molar-refractivity contribution in [1.29, 1.82) is 0 Å². The number of hydrogen-bond donors (Lipinski definition) is 2. The third kappa shape index (κ3) is 4.90. The molecule has 0 saturated heterocycles. The van der Waals surface area contributed by atoms with Crippen LogP contribution in [0.15, 0.2) is 24.3 Å². The molecule has 0 atom stereocenters. The lowest BCUT2D eigenvalue weighted by molar-refractivity contribution is -0.135. The number of urea groups is 1. The first-order valence-corrected chi connectivity index (χ1v) is 5.84. The Morgan fingerprint density at radius 3 is 2.53 bits per heavy atom. The van der Waals surface area contributed by atoms with Crippen LogP contribution in [0, 0.1) is 11.8 Å². The number of halogens is 1. The van der Waals surface area contributed by atoms with Gasteiger partial charge in [-0.15, -0.1) is 5.92 Å². The van der Waals surface area contributed by atoms with E-state index in [-0.39, 0.29) is 6.54 Å². The molecule has 1 aromatic rings. The van der Waals surface area contributed by atoms with Crippen LogP contribution in [-0.4, -0.2) is 30.2 Å². The van der Waals surface area contributed by atoms with Gasteiger partial charge in [0.05, 0.1) is 6.54 Å². The van der Waals surface area contributed by atoms with E-state index in [2.05, 4.69) is 17.2 Å². The normalized spacial score (nSPS) is 9.16. The summed E-state index contributed by atoms with van der Waals surface area (Å²) in [5.41, 5.74) is 0.453. The van der Waals surface area contributed by atoms with Gasteiger partial charge >= 0.3 is 12.0 Å². The third-order valence-corrected chi connectivity index (χ3v) is 2.43. The molecular weight excluding hydrogens is 268 g/mol. The van der Waals surface area contributed by atoms with E-state index in [9.17, 15) is 9.59 Å². The topological polar surface area (TPSA) is 69.6 Å². The second-order valence-electron chi connectivity index (χ2n) is 3.54. The maximum atomic E-state index is 11.9. The Kier molecular flexibility index (Phi) is 5.71. The molecule has 0 heterocycles. The molecule has 0 unspecified atom stereocenters. The number of aliphatic carboxylic acids is 1. The summed E-state index contributed by atoms with van der Waals surface area (Å²) in [6, 6.07) is 5.81. The summed E-state index contributed by atoms with van der Waals surface area (Å²) in [6.45, 7) is 1.38. The molecular formula is C13H13ClN2O3. The average molecular weight is 281 g/mol. The molecule has 0 aliphatic heterocycles. The van der Waals surface area contributed by atoms with Gasteiger partial charge in [0.15, 0.2) is 0 Å². The number of carbonyl (C=O) groups is 2. The molecule has 0 fully saturated rings. The summed E-state index contributed by atoms with van der Waals surface area (Å²) in [7, 11) is 0. The van der Waals surface area contributed by atoms with Gasteiger partial charge in [0.2, 0.25) is 0 Å². The van der Waals surface area contributed by atoms with Gasteiger partial charge in [0.25, 0.3) is 0 Å². The minimum Gasteiger partial charge on any atom is -0.480 e. The van der Waals surface area contributed by atoms with E-state index in [4.69, 9.17) is 16.7 Å². The molecule has 19 heavy (non-hydrogen) atoms. The van der Waals surface area contributed by atoms with Crippen molar-refractivity contribution in [3.05, 3.63) is 29.3 Å². The van der Waals surface area contributed by atoms with Crippen molar-refractivity contribution >= 4 is 29.3 Å². The van der Waals surface area contributed by atoms with E-state index >= 15 is 0 Å². The Labute approximate surface area is 116 Å². The zero-order valence-corrected chi connectivity index (χ0v) is 11.1. The summed E-state index contributed by atoms with van der Waals surface area (Å²) in [6.07, 6.45) is 0. The molecule has 0 radical (unpaired) electrons. The Balaban J connectivity index is 2.86. The second-order valence-corrected chi connectivity index (χ2v) is 3.98. The number of carboxylic acid groups (broad SMARTS) is 1. The first kappa shape index (κ1) is 14.9. The zero-order chi connectivity index (χ0) is 14.3. The van der Waals surface area contributed by atoms with E-state index in [0.29, 0.717) is 10.7 Å². The zero-order valence-electron chi connectivity index (χ0n) is 10.3. The number of nitrogens with one attached hydrogen (secondary N) is 1. The van der Waals surface area contributed by atoms with Crippen molar-refractivity contribution in [1.82, 2.24) is 5.32 Å². The van der Waals surface area contributed by atoms with Crippen LogP contribution in [0.1, 0.15) is 6.92 Å². The van der Waals surface area contributed by atoms with Crippen molar-refractivity contribution in [2.24, 2.45) is 0 Å². The molecule has 0 spiro atoms. The highest BCUT2D eigenvalue weighted by atomic mass is 35.5. The predicted octanol–water partition coefficient (Wildman–Crippen LogP) is 1.96. The van der Waals surface area contributed by atoms with Crippen LogP contribution in [0.2, 0.25) is 5.02 Å². The predicted molar refractivity (Wildman–Crippen MR) is 73.3 cm³/mol. The van der Waals surface area contributed by atoms with Crippen LogP contribution in [0.3, 0.4) is 0 Å². The number of rotatable bonds is 4. The van der Waals surface area contributed by atoms with Gasteiger partial charge in [-0.25, -0.2) is 4.79 Å². The quantitative estimate of drug-likeness (QED) is 0.829. The summed E-state index contributed by atoms with van der Waals surface area (Å²) >= 11 is 5.75. The molecule has 0 aliphatic carbocycles. The lowest BCUT2D eigenvalue weighted by atomic mass is 10.3. The Bertz CT molecular complexity index is 517. The molecule has 1 aromatic carbocycles. The van der Waals surface area contributed by atoms with Crippen LogP contribution in [0.25, 0.3) is 0 Å². The molecule has 1 rings (SSSR count). The van der Waals surface area contributed by atoms with E-state index in [1.807, 2.05) is 0 Å². The maximum Gasteiger partial charge on any atom is 0.323 e. The van der Waals surface area contributed by atoms with Crippen LogP contribution >= 0.6 is 11.6 Å². The fourth-order valence-electron chi connectivity index (χ4n) is 1.34. The largest absolute Gasteiger partial charge is 0.480 e. The molecule has 2 N–H and O–H groups in total. The number of carbonyl (C=O) groups excluding carboxylic acids is 1. The molecule has 6 heteroatoms. The van der Waals surface area contributed by atoms with Crippen LogP contribution in [0.5, 0.6) is 0 Å². The van der Waals surface area contributed by atoms with E-state index < -0.39 is 18.5 Å². The first-order chi connectivity index (χ1) is 9.04. The standard InChI is InChI=1S/C13H13ClN2O3/c1-2-3-8-15-13(19)16(9-12(17)18)11-6-4-10(14)5-7-11/h4-7H,8-9H2,1H3,(H,15,19)(H,17,18). The monoisotopic (exact) mass is 280 g/mol. The number of amides is 2. The van der Waals surface area contributed by atoms with Gasteiger partial charge in [0, 0.05) is 10.7 Å². The van der Waals surface area contributed by atoms with Gasteiger partial charge < -0.3 is 10.4 Å². The minimum atomic E-state index is -1.10. The SMILES string of the molecule is CC#CCNC(=O)N(CC(=O)O)c1ccc(Cl)cc1. The van der Waals surface area contributed by atoms with Crippen molar-refractivity contribution in [3.8, 4) is 11.8 Å². The first-order valence-electron chi connectivity index (χ1n) is 5.47. The molecule has 0 saturated carbocycles. The summed E-state index contributed by atoms with van der Waals surface area (Å²) in [5.74, 6) is 4.20. The van der Waals surface area contributed by atoms with Crippen LogP contribution < -0.4 is 10.2 Å². The Hall–Kier alpha value is -2.19. The van der Waals surface area contributed by atoms with Gasteiger partial charge in [0.1, 0.15) is 6.54 Å². The smallest absolute Gasteiger partial charge is 0.323 e. The number of benzene rings is 1. The van der Waals surface area contributed by atoms with Gasteiger partial charge in [-0.3, -0.25) is 9.69 Å². The van der Waals surface area contributed by atoms with Gasteiger partial charge in [-0.2, -0.15) is 0 Å². The van der Waals surface area contributed by atoms with Gasteiger partial charge in [-0.05, 0) is 31.2 Å². The number of anilines is 1. The van der Waals surface area contributed by atoms with Gasteiger partial charge in [-0.1, -0.05) is 17.5 Å². The third-order valence-electron chi connectivity index (χ3n) is 2.18. The van der Waals surface area contributed by atoms with E-state index in [1.54, 1.807) is 31.2 Å². The number of hydrogen-bond acceptors (Lipinski definition) is 2. The summed E-state index contributed by atoms with van der Waals surface area (Å²) in [4.78, 5) is 23.8. The minimum absolute atomic E-state index is 0.166. The molecule has 0 aliphatic rings. The molecule has 0 bridgehead atoms. The average Bonchev–Trinajstić information content (AvgIpc) is 2.37. The van der Waals surface area contributed by atoms with E-state index in [1.165, 1.54) is 0 Å². The highest BCUT2D eigenvalue weighted by Crippen LogP contribution is 2.17. The van der Waals surface area contributed by atoms with E-state index in [0.717, 1.165) is 4.90 Å². The number of nitrogens with zero attached hydrogens (tertiary/aromatic N) is 1. The Morgan fingerprint density at radius 1 is 1.37 bits per heavy atom. The molecule has 5 nitrogen and oxygen atoms in total. The summed E-state index contributed by atoms with van der Waals surface area (Å²) in [5, 5.41) is 11.9. The van der Waals surface area contributed by atoms with Crippen molar-refractivity contribution < 1.29 is 14.7 Å². The number of carboxylic acids is 1. The lowest BCUT2D eigenvalue weighted by Crippen LogP contribution is -2.43. The van der Waals surface area contributed by atoms with Crippen LogP contribution in [0.4, 0.5) is 10.5 Å². The van der Waals surface area contributed by atoms with Crippen molar-refractivity contribution in [3.63, 3.8) is 0 Å². The fourth-order valence-corrected chi connectivity index (χ4v) is 1.47. The summed E-state index contributed by atoms with van der Waals surface area (Å²) < 4.78 is 0. The second kappa shape index (κ2) is 7.29. The van der Waals surface area contributed by atoms with Crippen molar-refractivity contribution in [2.45, 2.75) is 6.92 Å². The molecule has 2 amide bonds. The van der Waals surface area contributed by atoms with Crippen molar-refractivity contribution in [2.75, 3.05) is 18.0 Å².